The van der Waals surface area contributed by atoms with Gasteiger partial charge in [0.25, 0.3) is 5.91 Å². The summed E-state index contributed by atoms with van der Waals surface area (Å²) in [6, 6.07) is 8.90. The number of hydrogen-bond donors (Lipinski definition) is 1. The highest BCUT2D eigenvalue weighted by molar-refractivity contribution is 5.95. The molecule has 11 heteroatoms. The second-order valence-electron chi connectivity index (χ2n) is 8.89. The van der Waals surface area contributed by atoms with Crippen LogP contribution in [-0.2, 0) is 9.59 Å². The Morgan fingerprint density at radius 1 is 1.18 bits per heavy atom. The van der Waals surface area contributed by atoms with E-state index < -0.39 is 17.7 Å². The molecule has 0 aromatic heterocycles. The van der Waals surface area contributed by atoms with Crippen molar-refractivity contribution < 1.29 is 32.7 Å². The van der Waals surface area contributed by atoms with Gasteiger partial charge in [-0.1, -0.05) is 19.9 Å². The largest absolute Gasteiger partial charge is 0.490 e. The van der Waals surface area contributed by atoms with Gasteiger partial charge in [-0.2, -0.15) is 18.4 Å². The molecule has 3 rings (SSSR count). The van der Waals surface area contributed by atoms with Crippen molar-refractivity contribution in [2.24, 2.45) is 5.92 Å². The smallest absolute Gasteiger partial charge is 0.475 e. The molecule has 0 saturated carbocycles. The summed E-state index contributed by atoms with van der Waals surface area (Å²) in [4.78, 5) is 40.8. The maximum absolute atomic E-state index is 13.1. The molecular formula is C23H29F3N4O4. The summed E-state index contributed by atoms with van der Waals surface area (Å²) in [6.07, 6.45) is -3.76. The number of aliphatic carboxylic acids is 1. The summed E-state index contributed by atoms with van der Waals surface area (Å²) >= 11 is 0. The van der Waals surface area contributed by atoms with Gasteiger partial charge in [-0.3, -0.25) is 14.5 Å². The fraction of sp³-hybridized carbons (Fsp3) is 0.565. The lowest BCUT2D eigenvalue weighted by Gasteiger charge is -2.52. The van der Waals surface area contributed by atoms with Gasteiger partial charge in [0.05, 0.1) is 11.6 Å². The number of halogens is 3. The van der Waals surface area contributed by atoms with Crippen LogP contribution in [0.25, 0.3) is 0 Å². The van der Waals surface area contributed by atoms with Gasteiger partial charge in [0.15, 0.2) is 0 Å². The Morgan fingerprint density at radius 3 is 2.26 bits per heavy atom. The minimum atomic E-state index is -5.08. The van der Waals surface area contributed by atoms with Crippen LogP contribution in [0.5, 0.6) is 0 Å². The lowest BCUT2D eigenvalue weighted by molar-refractivity contribution is -0.192. The SMILES string of the molecule is CC(C)CN1CCN(C)C(=O)C12CCN(C(=O)c1cccc(C#N)c1)CC2.O=C(O)C(F)(F)F. The predicted molar refractivity (Wildman–Crippen MR) is 117 cm³/mol. The summed E-state index contributed by atoms with van der Waals surface area (Å²) < 4.78 is 31.7. The first-order chi connectivity index (χ1) is 15.8. The molecule has 2 amide bonds. The van der Waals surface area contributed by atoms with E-state index in [1.165, 1.54) is 0 Å². The van der Waals surface area contributed by atoms with Crippen LogP contribution in [0.1, 0.15) is 42.6 Å². The topological polar surface area (TPSA) is 105 Å². The lowest BCUT2D eigenvalue weighted by Crippen LogP contribution is -2.68. The van der Waals surface area contributed by atoms with Crippen LogP contribution >= 0.6 is 0 Å². The van der Waals surface area contributed by atoms with Crippen LogP contribution in [-0.4, -0.2) is 89.1 Å². The molecule has 2 aliphatic rings. The first kappa shape index (κ1) is 27.1. The number of carbonyl (C=O) groups is 3. The van der Waals surface area contributed by atoms with Gasteiger partial charge in [-0.25, -0.2) is 4.79 Å². The minimum absolute atomic E-state index is 0.0611. The normalized spacial score (nSPS) is 18.4. The molecule has 1 spiro atoms. The second kappa shape index (κ2) is 10.9. The predicted octanol–water partition coefficient (Wildman–Crippen LogP) is 2.60. The Kier molecular flexibility index (Phi) is 8.66. The Bertz CT molecular complexity index is 950. The van der Waals surface area contributed by atoms with Crippen molar-refractivity contribution in [2.45, 2.75) is 38.4 Å². The van der Waals surface area contributed by atoms with Crippen molar-refractivity contribution in [1.29, 1.82) is 5.26 Å². The summed E-state index contributed by atoms with van der Waals surface area (Å²) in [5.41, 5.74) is 0.542. The van der Waals surface area contributed by atoms with E-state index in [0.717, 1.165) is 19.6 Å². The summed E-state index contributed by atoms with van der Waals surface area (Å²) in [6.45, 7) is 8.02. The number of carboxylic acid groups (broad SMARTS) is 1. The number of piperidine rings is 1. The number of nitrogens with zero attached hydrogens (tertiary/aromatic N) is 4. The fourth-order valence-electron chi connectivity index (χ4n) is 4.30. The van der Waals surface area contributed by atoms with Crippen molar-refractivity contribution in [1.82, 2.24) is 14.7 Å². The molecule has 0 bridgehead atoms. The summed E-state index contributed by atoms with van der Waals surface area (Å²) in [5, 5.41) is 16.2. The number of hydrogen-bond acceptors (Lipinski definition) is 5. The third kappa shape index (κ3) is 6.26. The van der Waals surface area contributed by atoms with Crippen LogP contribution in [0.3, 0.4) is 0 Å². The van der Waals surface area contributed by atoms with Crippen LogP contribution in [0.2, 0.25) is 0 Å². The number of benzene rings is 1. The lowest BCUT2D eigenvalue weighted by atomic mass is 9.81. The first-order valence-electron chi connectivity index (χ1n) is 10.9. The third-order valence-corrected chi connectivity index (χ3v) is 6.00. The maximum Gasteiger partial charge on any atom is 0.490 e. The average Bonchev–Trinajstić information content (AvgIpc) is 2.79. The van der Waals surface area contributed by atoms with E-state index in [4.69, 9.17) is 15.2 Å². The molecule has 1 aromatic carbocycles. The zero-order valence-electron chi connectivity index (χ0n) is 19.4. The van der Waals surface area contributed by atoms with E-state index >= 15 is 0 Å². The van der Waals surface area contributed by atoms with E-state index in [1.807, 2.05) is 16.8 Å². The average molecular weight is 483 g/mol. The van der Waals surface area contributed by atoms with E-state index in [1.54, 1.807) is 24.3 Å². The quantitative estimate of drug-likeness (QED) is 0.710. The van der Waals surface area contributed by atoms with Crippen molar-refractivity contribution in [2.75, 3.05) is 39.8 Å². The fourth-order valence-corrected chi connectivity index (χ4v) is 4.30. The Morgan fingerprint density at radius 2 is 1.76 bits per heavy atom. The van der Waals surface area contributed by atoms with Gasteiger partial charge in [0.2, 0.25) is 5.91 Å². The second-order valence-corrected chi connectivity index (χ2v) is 8.89. The van der Waals surface area contributed by atoms with Gasteiger partial charge in [-0.05, 0) is 37.0 Å². The van der Waals surface area contributed by atoms with E-state index in [0.29, 0.717) is 43.0 Å². The molecule has 2 aliphatic heterocycles. The van der Waals surface area contributed by atoms with Crippen molar-refractivity contribution in [3.8, 4) is 6.07 Å². The number of nitriles is 1. The molecule has 186 valence electrons. The number of amides is 2. The molecule has 0 atom stereocenters. The molecule has 2 fully saturated rings. The molecule has 0 unspecified atom stereocenters. The first-order valence-corrected chi connectivity index (χ1v) is 10.9. The number of likely N-dealkylation sites (tertiary alicyclic amines) is 1. The molecule has 2 heterocycles. The van der Waals surface area contributed by atoms with E-state index in [2.05, 4.69) is 24.8 Å². The van der Waals surface area contributed by atoms with Crippen molar-refractivity contribution in [3.05, 3.63) is 35.4 Å². The standard InChI is InChI=1S/C21H28N4O2.C2HF3O2/c1-16(2)15-25-12-11-23(3)20(27)21(25)7-9-24(10-8-21)19(26)18-6-4-5-17(13-18)14-22;3-2(4,5)1(6)7/h4-6,13,16H,7-12,15H2,1-3H3;(H,6,7). The minimum Gasteiger partial charge on any atom is -0.475 e. The zero-order valence-corrected chi connectivity index (χ0v) is 19.4. The number of piperazine rings is 1. The van der Waals surface area contributed by atoms with E-state index in [9.17, 15) is 22.8 Å². The molecule has 2 saturated heterocycles. The van der Waals surface area contributed by atoms with Crippen LogP contribution in [0.4, 0.5) is 13.2 Å². The van der Waals surface area contributed by atoms with Gasteiger partial charge >= 0.3 is 12.1 Å². The highest BCUT2D eigenvalue weighted by Crippen LogP contribution is 2.34. The maximum atomic E-state index is 13.1. The highest BCUT2D eigenvalue weighted by atomic mass is 19.4. The van der Waals surface area contributed by atoms with Gasteiger partial charge in [0.1, 0.15) is 5.54 Å². The number of carbonyl (C=O) groups excluding carboxylic acids is 2. The number of alkyl halides is 3. The molecular weight excluding hydrogens is 453 g/mol. The van der Waals surface area contributed by atoms with Crippen LogP contribution in [0, 0.1) is 17.2 Å². The highest BCUT2D eigenvalue weighted by Gasteiger charge is 2.50. The van der Waals surface area contributed by atoms with Crippen molar-refractivity contribution in [3.63, 3.8) is 0 Å². The van der Waals surface area contributed by atoms with Gasteiger partial charge < -0.3 is 14.9 Å². The zero-order chi connectivity index (χ0) is 25.7. The molecule has 1 N–H and O–H groups in total. The summed E-state index contributed by atoms with van der Waals surface area (Å²) in [5.74, 6) is -2.14. The Balaban J connectivity index is 0.000000509. The molecule has 0 aliphatic carbocycles. The van der Waals surface area contributed by atoms with Crippen LogP contribution in [0.15, 0.2) is 24.3 Å². The Hall–Kier alpha value is -3.13. The van der Waals surface area contributed by atoms with Gasteiger partial charge in [-0.15, -0.1) is 0 Å². The van der Waals surface area contributed by atoms with Crippen molar-refractivity contribution >= 4 is 17.8 Å². The molecule has 0 radical (unpaired) electrons. The molecule has 34 heavy (non-hydrogen) atoms. The third-order valence-electron chi connectivity index (χ3n) is 6.00. The monoisotopic (exact) mass is 482 g/mol. The molecule has 8 nitrogen and oxygen atoms in total. The number of carboxylic acids is 1. The number of likely N-dealkylation sites (N-methyl/N-ethyl adjacent to an activating group) is 1. The molecule has 1 aromatic rings. The number of rotatable bonds is 3. The summed E-state index contributed by atoms with van der Waals surface area (Å²) in [7, 11) is 1.88. The van der Waals surface area contributed by atoms with E-state index in [-0.39, 0.29) is 11.8 Å². The van der Waals surface area contributed by atoms with Gasteiger partial charge in [0, 0.05) is 45.3 Å². The van der Waals surface area contributed by atoms with Crippen LogP contribution < -0.4 is 0 Å². The Labute approximate surface area is 196 Å².